The predicted molar refractivity (Wildman–Crippen MR) is 81.1 cm³/mol. The van der Waals surface area contributed by atoms with Crippen LogP contribution < -0.4 is 15.4 Å². The lowest BCUT2D eigenvalue weighted by atomic mass is 10.0. The molecule has 0 radical (unpaired) electrons. The van der Waals surface area contributed by atoms with Crippen LogP contribution in [-0.2, 0) is 11.3 Å². The first-order valence-corrected chi connectivity index (χ1v) is 7.58. The molecule has 2 aliphatic rings. The maximum absolute atomic E-state index is 12.1. The van der Waals surface area contributed by atoms with Gasteiger partial charge < -0.3 is 15.4 Å². The third-order valence-corrected chi connectivity index (χ3v) is 4.50. The summed E-state index contributed by atoms with van der Waals surface area (Å²) in [5.74, 6) is 2.37. The molecule has 1 amide bonds. The topological polar surface area (TPSA) is 53.6 Å². The zero-order valence-corrected chi connectivity index (χ0v) is 12.5. The molecule has 0 aromatic heterocycles. The SMILES string of the molecule is COc1ccccc1CNC(=O)CN1C[C@H]2CNC[C@H]2C1. The molecule has 0 bridgehead atoms. The van der Waals surface area contributed by atoms with E-state index in [9.17, 15) is 4.79 Å². The Kier molecular flexibility index (Phi) is 4.41. The Hall–Kier alpha value is -1.59. The summed E-state index contributed by atoms with van der Waals surface area (Å²) >= 11 is 0. The fourth-order valence-corrected chi connectivity index (χ4v) is 3.38. The molecular weight excluding hydrogens is 266 g/mol. The molecule has 114 valence electrons. The molecule has 0 aliphatic carbocycles. The van der Waals surface area contributed by atoms with Crippen LogP contribution in [0.1, 0.15) is 5.56 Å². The number of benzene rings is 1. The first-order valence-electron chi connectivity index (χ1n) is 7.58. The smallest absolute Gasteiger partial charge is 0.234 e. The highest BCUT2D eigenvalue weighted by molar-refractivity contribution is 5.78. The molecular formula is C16H23N3O2. The maximum Gasteiger partial charge on any atom is 0.234 e. The highest BCUT2D eigenvalue weighted by Crippen LogP contribution is 2.25. The largest absolute Gasteiger partial charge is 0.496 e. The highest BCUT2D eigenvalue weighted by Gasteiger charge is 2.36. The molecule has 1 aromatic rings. The van der Waals surface area contributed by atoms with Crippen molar-refractivity contribution in [3.05, 3.63) is 29.8 Å². The summed E-state index contributed by atoms with van der Waals surface area (Å²) in [7, 11) is 1.65. The standard InChI is InChI=1S/C16H23N3O2/c1-21-15-5-3-2-4-12(15)8-18-16(20)11-19-9-13-6-17-7-14(13)10-19/h2-5,13-14,17H,6-11H2,1H3,(H,18,20)/t13-,14+. The van der Waals surface area contributed by atoms with Crippen LogP contribution in [0.4, 0.5) is 0 Å². The van der Waals surface area contributed by atoms with Gasteiger partial charge in [0.25, 0.3) is 0 Å². The van der Waals surface area contributed by atoms with Crippen molar-refractivity contribution in [3.63, 3.8) is 0 Å². The van der Waals surface area contributed by atoms with Crippen molar-refractivity contribution in [3.8, 4) is 5.75 Å². The average Bonchev–Trinajstić information content (AvgIpc) is 3.06. The van der Waals surface area contributed by atoms with Crippen LogP contribution in [-0.4, -0.2) is 50.6 Å². The van der Waals surface area contributed by atoms with Gasteiger partial charge >= 0.3 is 0 Å². The Labute approximate surface area is 125 Å². The van der Waals surface area contributed by atoms with Gasteiger partial charge in [0.05, 0.1) is 13.7 Å². The van der Waals surface area contributed by atoms with Crippen LogP contribution in [0.15, 0.2) is 24.3 Å². The number of rotatable bonds is 5. The van der Waals surface area contributed by atoms with Gasteiger partial charge in [0.15, 0.2) is 0 Å². The van der Waals surface area contributed by atoms with E-state index in [1.165, 1.54) is 0 Å². The van der Waals surface area contributed by atoms with E-state index in [4.69, 9.17) is 4.74 Å². The van der Waals surface area contributed by atoms with E-state index in [0.717, 1.165) is 49.3 Å². The summed E-state index contributed by atoms with van der Waals surface area (Å²) < 4.78 is 5.29. The molecule has 5 nitrogen and oxygen atoms in total. The number of nitrogens with zero attached hydrogens (tertiary/aromatic N) is 1. The molecule has 2 saturated heterocycles. The number of likely N-dealkylation sites (tertiary alicyclic amines) is 1. The number of carbonyl (C=O) groups excluding carboxylic acids is 1. The lowest BCUT2D eigenvalue weighted by Gasteiger charge is -2.16. The molecule has 2 heterocycles. The number of ether oxygens (including phenoxy) is 1. The molecule has 0 unspecified atom stereocenters. The Morgan fingerprint density at radius 1 is 1.33 bits per heavy atom. The van der Waals surface area contributed by atoms with Gasteiger partial charge in [-0.15, -0.1) is 0 Å². The minimum Gasteiger partial charge on any atom is -0.496 e. The number of amides is 1. The van der Waals surface area contributed by atoms with Crippen molar-refractivity contribution in [1.29, 1.82) is 0 Å². The number of nitrogens with one attached hydrogen (secondary N) is 2. The maximum atomic E-state index is 12.1. The first-order chi connectivity index (χ1) is 10.3. The summed E-state index contributed by atoms with van der Waals surface area (Å²) in [5, 5.41) is 6.41. The van der Waals surface area contributed by atoms with Gasteiger partial charge in [-0.25, -0.2) is 0 Å². The fraction of sp³-hybridized carbons (Fsp3) is 0.562. The fourth-order valence-electron chi connectivity index (χ4n) is 3.38. The molecule has 3 rings (SSSR count). The van der Waals surface area contributed by atoms with Crippen molar-refractivity contribution in [1.82, 2.24) is 15.5 Å². The van der Waals surface area contributed by atoms with Crippen LogP contribution in [0.3, 0.4) is 0 Å². The molecule has 21 heavy (non-hydrogen) atoms. The first kappa shape index (κ1) is 14.4. The van der Waals surface area contributed by atoms with Crippen molar-refractivity contribution in [2.45, 2.75) is 6.54 Å². The normalized spacial score (nSPS) is 24.8. The zero-order chi connectivity index (χ0) is 14.7. The predicted octanol–water partition coefficient (Wildman–Crippen LogP) is 0.463. The number of fused-ring (bicyclic) bond motifs is 1. The highest BCUT2D eigenvalue weighted by atomic mass is 16.5. The third-order valence-electron chi connectivity index (χ3n) is 4.50. The minimum atomic E-state index is 0.0915. The van der Waals surface area contributed by atoms with E-state index in [1.54, 1.807) is 7.11 Å². The third kappa shape index (κ3) is 3.36. The van der Waals surface area contributed by atoms with Gasteiger partial charge in [0, 0.05) is 25.2 Å². The summed E-state index contributed by atoms with van der Waals surface area (Å²) in [4.78, 5) is 14.4. The van der Waals surface area contributed by atoms with Gasteiger partial charge in [-0.05, 0) is 31.0 Å². The average molecular weight is 289 g/mol. The summed E-state index contributed by atoms with van der Waals surface area (Å²) in [6, 6.07) is 7.78. The Morgan fingerprint density at radius 2 is 2.05 bits per heavy atom. The van der Waals surface area contributed by atoms with Crippen molar-refractivity contribution in [2.75, 3.05) is 39.8 Å². The zero-order valence-electron chi connectivity index (χ0n) is 12.5. The monoisotopic (exact) mass is 289 g/mol. The van der Waals surface area contributed by atoms with Crippen LogP contribution in [0.25, 0.3) is 0 Å². The molecule has 2 atom stereocenters. The van der Waals surface area contributed by atoms with Gasteiger partial charge in [-0.2, -0.15) is 0 Å². The lowest BCUT2D eigenvalue weighted by Crippen LogP contribution is -2.37. The van der Waals surface area contributed by atoms with E-state index in [1.807, 2.05) is 24.3 Å². The quantitative estimate of drug-likeness (QED) is 0.827. The van der Waals surface area contributed by atoms with E-state index >= 15 is 0 Å². The van der Waals surface area contributed by atoms with Gasteiger partial charge in [-0.3, -0.25) is 9.69 Å². The summed E-state index contributed by atoms with van der Waals surface area (Å²) in [6.07, 6.45) is 0. The number of methoxy groups -OCH3 is 1. The van der Waals surface area contributed by atoms with E-state index in [0.29, 0.717) is 13.1 Å². The van der Waals surface area contributed by atoms with Crippen molar-refractivity contribution in [2.24, 2.45) is 11.8 Å². The molecule has 2 fully saturated rings. The van der Waals surface area contributed by atoms with Crippen LogP contribution >= 0.6 is 0 Å². The second kappa shape index (κ2) is 6.45. The van der Waals surface area contributed by atoms with Crippen LogP contribution in [0.2, 0.25) is 0 Å². The number of para-hydroxylation sites is 1. The Bertz CT molecular complexity index is 494. The lowest BCUT2D eigenvalue weighted by molar-refractivity contribution is -0.122. The second-order valence-electron chi connectivity index (χ2n) is 5.96. The minimum absolute atomic E-state index is 0.0915. The molecule has 2 N–H and O–H groups in total. The molecule has 0 saturated carbocycles. The molecule has 5 heteroatoms. The number of hydrogen-bond acceptors (Lipinski definition) is 4. The second-order valence-corrected chi connectivity index (χ2v) is 5.96. The van der Waals surface area contributed by atoms with E-state index in [-0.39, 0.29) is 5.91 Å². The van der Waals surface area contributed by atoms with Crippen LogP contribution in [0, 0.1) is 11.8 Å². The van der Waals surface area contributed by atoms with Gasteiger partial charge in [-0.1, -0.05) is 18.2 Å². The summed E-state index contributed by atoms with van der Waals surface area (Å²) in [6.45, 7) is 5.31. The van der Waals surface area contributed by atoms with Crippen LogP contribution in [0.5, 0.6) is 5.75 Å². The Balaban J connectivity index is 1.46. The van der Waals surface area contributed by atoms with Gasteiger partial charge in [0.1, 0.15) is 5.75 Å². The van der Waals surface area contributed by atoms with Crippen molar-refractivity contribution < 1.29 is 9.53 Å². The number of hydrogen-bond donors (Lipinski definition) is 2. The van der Waals surface area contributed by atoms with Gasteiger partial charge in [0.2, 0.25) is 5.91 Å². The summed E-state index contributed by atoms with van der Waals surface area (Å²) in [5.41, 5.74) is 1.01. The Morgan fingerprint density at radius 3 is 2.76 bits per heavy atom. The van der Waals surface area contributed by atoms with E-state index < -0.39 is 0 Å². The molecule has 1 aromatic carbocycles. The van der Waals surface area contributed by atoms with Crippen molar-refractivity contribution >= 4 is 5.91 Å². The number of carbonyl (C=O) groups is 1. The van der Waals surface area contributed by atoms with E-state index in [2.05, 4.69) is 15.5 Å². The molecule has 2 aliphatic heterocycles. The molecule has 0 spiro atoms.